The minimum Gasteiger partial charge on any atom is -0.337 e. The second-order valence-electron chi connectivity index (χ2n) is 9.86. The summed E-state index contributed by atoms with van der Waals surface area (Å²) in [6, 6.07) is 37.4. The smallest absolute Gasteiger partial charge is 0.159 e. The Hall–Kier alpha value is -4.50. The molecule has 8 rings (SSSR count). The van der Waals surface area contributed by atoms with E-state index in [4.69, 9.17) is 9.97 Å². The summed E-state index contributed by atoms with van der Waals surface area (Å²) in [7, 11) is 0. The fraction of sp³-hybridized carbons (Fsp3) is 0.0909. The summed E-state index contributed by atoms with van der Waals surface area (Å²) in [5.41, 5.74) is 10.3. The molecule has 0 spiro atoms. The van der Waals surface area contributed by atoms with Crippen LogP contribution >= 0.6 is 0 Å². The summed E-state index contributed by atoms with van der Waals surface area (Å²) < 4.78 is 0. The summed E-state index contributed by atoms with van der Waals surface area (Å²) in [5, 5.41) is 3.45. The average Bonchev–Trinajstić information content (AvgIpc) is 3.48. The van der Waals surface area contributed by atoms with Crippen molar-refractivity contribution in [1.82, 2.24) is 9.97 Å². The third-order valence-electron chi connectivity index (χ3n) is 7.83. The number of anilines is 2. The van der Waals surface area contributed by atoms with Crippen LogP contribution in [0.1, 0.15) is 11.1 Å². The van der Waals surface area contributed by atoms with Crippen LogP contribution in [0.2, 0.25) is 0 Å². The molecule has 170 valence electrons. The number of nitrogens with zero attached hydrogens (tertiary/aromatic N) is 3. The highest BCUT2D eigenvalue weighted by Crippen LogP contribution is 2.49. The van der Waals surface area contributed by atoms with Crippen molar-refractivity contribution < 1.29 is 0 Å². The van der Waals surface area contributed by atoms with Gasteiger partial charge in [-0.25, -0.2) is 9.97 Å². The van der Waals surface area contributed by atoms with Crippen LogP contribution in [0.3, 0.4) is 0 Å². The van der Waals surface area contributed by atoms with E-state index < -0.39 is 0 Å². The first kappa shape index (κ1) is 19.8. The number of benzene rings is 5. The standard InChI is InChI=1S/C33H23N3/c1-2-7-21(8-3-1)27-11-6-12-31-29(27)19-26-18-25-17-23(15-16-30(25)36(26)31)33-34-20-24-14-13-22-9-4-5-10-28(22)32(24)35-33/h1-17,20,26H,18-19H2. The maximum Gasteiger partial charge on any atom is 0.159 e. The zero-order valence-corrected chi connectivity index (χ0v) is 19.7. The van der Waals surface area contributed by atoms with Crippen LogP contribution < -0.4 is 4.90 Å². The predicted octanol–water partition coefficient (Wildman–Crippen LogP) is 7.74. The molecule has 1 aromatic heterocycles. The highest BCUT2D eigenvalue weighted by atomic mass is 15.2. The van der Waals surface area contributed by atoms with Crippen molar-refractivity contribution in [2.45, 2.75) is 18.9 Å². The maximum absolute atomic E-state index is 5.03. The lowest BCUT2D eigenvalue weighted by molar-refractivity contribution is 0.726. The van der Waals surface area contributed by atoms with Crippen molar-refractivity contribution in [2.24, 2.45) is 0 Å². The van der Waals surface area contributed by atoms with Crippen molar-refractivity contribution in [3.8, 4) is 22.5 Å². The summed E-state index contributed by atoms with van der Waals surface area (Å²) in [5.74, 6) is 0.792. The van der Waals surface area contributed by atoms with Gasteiger partial charge in [-0.15, -0.1) is 0 Å². The lowest BCUT2D eigenvalue weighted by Crippen LogP contribution is -2.22. The molecule has 1 unspecified atom stereocenters. The molecule has 0 N–H and O–H groups in total. The summed E-state index contributed by atoms with van der Waals surface area (Å²) >= 11 is 0. The first-order valence-corrected chi connectivity index (χ1v) is 12.6. The summed E-state index contributed by atoms with van der Waals surface area (Å²) in [6.07, 6.45) is 4.07. The number of fused-ring (bicyclic) bond motifs is 8. The molecule has 0 aliphatic carbocycles. The molecule has 0 bridgehead atoms. The lowest BCUT2D eigenvalue weighted by Gasteiger charge is -2.21. The molecule has 2 aliphatic rings. The van der Waals surface area contributed by atoms with Crippen LogP contribution in [-0.2, 0) is 12.8 Å². The average molecular weight is 462 g/mol. The van der Waals surface area contributed by atoms with Crippen molar-refractivity contribution in [3.05, 3.63) is 120 Å². The van der Waals surface area contributed by atoms with E-state index in [1.807, 2.05) is 6.20 Å². The van der Waals surface area contributed by atoms with Crippen LogP contribution in [0, 0.1) is 0 Å². The van der Waals surface area contributed by atoms with Crippen LogP contribution in [0.4, 0.5) is 11.4 Å². The maximum atomic E-state index is 5.03. The van der Waals surface area contributed by atoms with Gasteiger partial charge in [-0.3, -0.25) is 0 Å². The Morgan fingerprint density at radius 2 is 1.53 bits per heavy atom. The first-order valence-electron chi connectivity index (χ1n) is 12.6. The molecule has 0 saturated heterocycles. The normalized spacial score (nSPS) is 15.8. The van der Waals surface area contributed by atoms with E-state index in [0.717, 1.165) is 35.1 Å². The fourth-order valence-corrected chi connectivity index (χ4v) is 6.20. The van der Waals surface area contributed by atoms with Gasteiger partial charge in [0.15, 0.2) is 5.82 Å². The molecule has 0 radical (unpaired) electrons. The lowest BCUT2D eigenvalue weighted by atomic mass is 9.95. The van der Waals surface area contributed by atoms with Gasteiger partial charge in [0.05, 0.1) is 5.52 Å². The van der Waals surface area contributed by atoms with Crippen LogP contribution in [0.5, 0.6) is 0 Å². The third kappa shape index (κ3) is 2.86. The molecule has 2 aliphatic heterocycles. The Morgan fingerprint density at radius 1 is 0.667 bits per heavy atom. The van der Waals surface area contributed by atoms with Gasteiger partial charge in [-0.2, -0.15) is 0 Å². The topological polar surface area (TPSA) is 29.0 Å². The molecule has 6 aromatic rings. The fourth-order valence-electron chi connectivity index (χ4n) is 6.20. The van der Waals surface area contributed by atoms with Crippen LogP contribution in [0.25, 0.3) is 44.2 Å². The van der Waals surface area contributed by atoms with Crippen molar-refractivity contribution in [3.63, 3.8) is 0 Å². The van der Waals surface area contributed by atoms with Crippen LogP contribution in [0.15, 0.2) is 109 Å². The van der Waals surface area contributed by atoms with Crippen molar-refractivity contribution in [1.29, 1.82) is 0 Å². The van der Waals surface area contributed by atoms with Gasteiger partial charge in [-0.1, -0.05) is 78.9 Å². The van der Waals surface area contributed by atoms with Gasteiger partial charge in [0.1, 0.15) is 0 Å². The molecule has 3 heteroatoms. The van der Waals surface area contributed by atoms with Gasteiger partial charge < -0.3 is 4.90 Å². The number of hydrogen-bond acceptors (Lipinski definition) is 3. The van der Waals surface area contributed by atoms with E-state index in [-0.39, 0.29) is 0 Å². The van der Waals surface area contributed by atoms with Gasteiger partial charge in [-0.05, 0) is 64.7 Å². The molecule has 0 saturated carbocycles. The molecule has 5 aromatic carbocycles. The van der Waals surface area contributed by atoms with Gasteiger partial charge >= 0.3 is 0 Å². The van der Waals surface area contributed by atoms with Crippen molar-refractivity contribution in [2.75, 3.05) is 4.90 Å². The van der Waals surface area contributed by atoms with E-state index in [0.29, 0.717) is 6.04 Å². The highest BCUT2D eigenvalue weighted by Gasteiger charge is 2.38. The Balaban J connectivity index is 1.20. The monoisotopic (exact) mass is 461 g/mol. The SMILES string of the molecule is c1ccc(-c2cccc3c2CC2Cc4cc(-c5ncc6ccc7ccccc7c6n5)ccc4N32)cc1. The van der Waals surface area contributed by atoms with E-state index >= 15 is 0 Å². The molecule has 36 heavy (non-hydrogen) atoms. The van der Waals surface area contributed by atoms with E-state index in [2.05, 4.69) is 108 Å². The predicted molar refractivity (Wildman–Crippen MR) is 148 cm³/mol. The van der Waals surface area contributed by atoms with Crippen LogP contribution in [-0.4, -0.2) is 16.0 Å². The Labute approximate surface area is 209 Å². The second kappa shape index (κ2) is 7.50. The number of aromatic nitrogens is 2. The Morgan fingerprint density at radius 3 is 2.47 bits per heavy atom. The summed E-state index contributed by atoms with van der Waals surface area (Å²) in [4.78, 5) is 12.3. The first-order chi connectivity index (χ1) is 17.8. The van der Waals surface area contributed by atoms with Gasteiger partial charge in [0.2, 0.25) is 0 Å². The largest absolute Gasteiger partial charge is 0.337 e. The zero-order chi connectivity index (χ0) is 23.6. The van der Waals surface area contributed by atoms with E-state index in [9.17, 15) is 0 Å². The zero-order valence-electron chi connectivity index (χ0n) is 19.7. The molecule has 3 heterocycles. The Kier molecular flexibility index (Phi) is 4.12. The molecule has 3 nitrogen and oxygen atoms in total. The quantitative estimate of drug-likeness (QED) is 0.247. The minimum atomic E-state index is 0.469. The second-order valence-corrected chi connectivity index (χ2v) is 9.86. The highest BCUT2D eigenvalue weighted by molar-refractivity contribution is 6.05. The molecule has 1 atom stereocenters. The number of rotatable bonds is 2. The van der Waals surface area contributed by atoms with E-state index in [1.54, 1.807) is 0 Å². The molecule has 0 amide bonds. The Bertz CT molecular complexity index is 1810. The third-order valence-corrected chi connectivity index (χ3v) is 7.83. The van der Waals surface area contributed by atoms with Crippen molar-refractivity contribution >= 4 is 33.1 Å². The number of hydrogen-bond donors (Lipinski definition) is 0. The summed E-state index contributed by atoms with van der Waals surface area (Å²) in [6.45, 7) is 0. The van der Waals surface area contributed by atoms with E-state index in [1.165, 1.54) is 44.4 Å². The molecular formula is C33H23N3. The molecule has 0 fully saturated rings. The minimum absolute atomic E-state index is 0.469. The molecular weight excluding hydrogens is 438 g/mol. The van der Waals surface area contributed by atoms with Gasteiger partial charge in [0.25, 0.3) is 0 Å². The van der Waals surface area contributed by atoms with Gasteiger partial charge in [0, 0.05) is 39.9 Å².